The van der Waals surface area contributed by atoms with Crippen molar-refractivity contribution in [2.75, 3.05) is 20.3 Å². The molecular weight excluding hydrogens is 268 g/mol. The van der Waals surface area contributed by atoms with E-state index in [1.807, 2.05) is 38.1 Å². The maximum Gasteiger partial charge on any atom is 0.340 e. The number of aryl methyl sites for hydroxylation is 1. The standard InChI is InChI=1S/C16H20N2O3/c1-12-10-15(16(19)21-9-8-20-3)13(2)18(12)11-14-6-4-5-7-17-14/h4-7,10H,8-9,11H2,1-3H3. The largest absolute Gasteiger partial charge is 0.460 e. The quantitative estimate of drug-likeness (QED) is 0.605. The third-order valence-electron chi connectivity index (χ3n) is 3.36. The summed E-state index contributed by atoms with van der Waals surface area (Å²) >= 11 is 0. The van der Waals surface area contributed by atoms with Gasteiger partial charge in [-0.1, -0.05) is 6.07 Å². The summed E-state index contributed by atoms with van der Waals surface area (Å²) in [5.74, 6) is -0.313. The zero-order chi connectivity index (χ0) is 15.2. The molecule has 5 heteroatoms. The Hall–Kier alpha value is -2.14. The topological polar surface area (TPSA) is 53.4 Å². The fourth-order valence-electron chi connectivity index (χ4n) is 2.20. The number of esters is 1. The molecule has 0 saturated carbocycles. The molecule has 0 amide bonds. The van der Waals surface area contributed by atoms with Crippen LogP contribution in [0.3, 0.4) is 0 Å². The molecule has 21 heavy (non-hydrogen) atoms. The normalized spacial score (nSPS) is 10.6. The minimum Gasteiger partial charge on any atom is -0.460 e. The molecule has 0 atom stereocenters. The number of carbonyl (C=O) groups is 1. The lowest BCUT2D eigenvalue weighted by molar-refractivity contribution is 0.0387. The van der Waals surface area contributed by atoms with Gasteiger partial charge in [0.1, 0.15) is 6.61 Å². The van der Waals surface area contributed by atoms with Gasteiger partial charge in [-0.25, -0.2) is 4.79 Å². The van der Waals surface area contributed by atoms with Crippen LogP contribution in [0.25, 0.3) is 0 Å². The van der Waals surface area contributed by atoms with Gasteiger partial charge in [0.05, 0.1) is 24.4 Å². The van der Waals surface area contributed by atoms with Crippen LogP contribution in [0.4, 0.5) is 0 Å². The maximum absolute atomic E-state index is 12.1. The highest BCUT2D eigenvalue weighted by atomic mass is 16.6. The summed E-state index contributed by atoms with van der Waals surface area (Å²) in [6.07, 6.45) is 1.77. The summed E-state index contributed by atoms with van der Waals surface area (Å²) in [4.78, 5) is 16.4. The molecule has 5 nitrogen and oxygen atoms in total. The van der Waals surface area contributed by atoms with E-state index >= 15 is 0 Å². The van der Waals surface area contributed by atoms with Crippen molar-refractivity contribution in [3.8, 4) is 0 Å². The van der Waals surface area contributed by atoms with Crippen LogP contribution in [0.5, 0.6) is 0 Å². The SMILES string of the molecule is COCCOC(=O)c1cc(C)n(Cc2ccccn2)c1C. The molecule has 0 radical (unpaired) electrons. The Morgan fingerprint density at radius 1 is 1.29 bits per heavy atom. The Kier molecular flexibility index (Phi) is 5.11. The highest BCUT2D eigenvalue weighted by Gasteiger charge is 2.17. The van der Waals surface area contributed by atoms with E-state index in [2.05, 4.69) is 9.55 Å². The van der Waals surface area contributed by atoms with Gasteiger partial charge in [0.2, 0.25) is 0 Å². The third-order valence-corrected chi connectivity index (χ3v) is 3.36. The summed E-state index contributed by atoms with van der Waals surface area (Å²) in [5.41, 5.74) is 3.45. The monoisotopic (exact) mass is 288 g/mol. The summed E-state index contributed by atoms with van der Waals surface area (Å²) in [6, 6.07) is 7.66. The summed E-state index contributed by atoms with van der Waals surface area (Å²) < 4.78 is 12.1. The van der Waals surface area contributed by atoms with Crippen molar-refractivity contribution in [2.24, 2.45) is 0 Å². The van der Waals surface area contributed by atoms with Crippen LogP contribution in [0, 0.1) is 13.8 Å². The van der Waals surface area contributed by atoms with Crippen molar-refractivity contribution in [1.29, 1.82) is 0 Å². The van der Waals surface area contributed by atoms with Crippen LogP contribution in [-0.2, 0) is 16.0 Å². The summed E-state index contributed by atoms with van der Waals surface area (Å²) in [7, 11) is 1.58. The molecular formula is C16H20N2O3. The van der Waals surface area contributed by atoms with Gasteiger partial charge >= 0.3 is 5.97 Å². The smallest absolute Gasteiger partial charge is 0.340 e. The Morgan fingerprint density at radius 3 is 2.76 bits per heavy atom. The molecule has 2 heterocycles. The van der Waals surface area contributed by atoms with E-state index in [-0.39, 0.29) is 12.6 Å². The van der Waals surface area contributed by atoms with E-state index in [1.165, 1.54) is 0 Å². The first-order valence-corrected chi connectivity index (χ1v) is 6.86. The number of hydrogen-bond donors (Lipinski definition) is 0. The van der Waals surface area contributed by atoms with Crippen LogP contribution < -0.4 is 0 Å². The fraction of sp³-hybridized carbons (Fsp3) is 0.375. The van der Waals surface area contributed by atoms with Crippen molar-refractivity contribution in [3.63, 3.8) is 0 Å². The minimum absolute atomic E-state index is 0.263. The molecule has 0 fully saturated rings. The number of rotatable bonds is 6. The predicted octanol–water partition coefficient (Wildman–Crippen LogP) is 2.35. The van der Waals surface area contributed by atoms with E-state index in [4.69, 9.17) is 9.47 Å². The van der Waals surface area contributed by atoms with Gasteiger partial charge in [0.25, 0.3) is 0 Å². The second kappa shape index (κ2) is 7.04. The number of ether oxygens (including phenoxy) is 2. The Bertz CT molecular complexity index is 605. The molecule has 0 N–H and O–H groups in total. The summed E-state index contributed by atoms with van der Waals surface area (Å²) in [6.45, 7) is 5.20. The molecule has 0 aliphatic carbocycles. The fourth-order valence-corrected chi connectivity index (χ4v) is 2.20. The first-order chi connectivity index (χ1) is 10.1. The lowest BCUT2D eigenvalue weighted by atomic mass is 10.2. The molecule has 2 rings (SSSR count). The molecule has 0 aliphatic heterocycles. The first kappa shape index (κ1) is 15.3. The minimum atomic E-state index is -0.313. The number of pyridine rings is 1. The number of carbonyl (C=O) groups excluding carboxylic acids is 1. The number of aromatic nitrogens is 2. The molecule has 112 valence electrons. The van der Waals surface area contributed by atoms with Crippen LogP contribution in [0.2, 0.25) is 0 Å². The lowest BCUT2D eigenvalue weighted by Gasteiger charge is -2.09. The van der Waals surface area contributed by atoms with Crippen LogP contribution in [0.1, 0.15) is 27.4 Å². The molecule has 0 saturated heterocycles. The van der Waals surface area contributed by atoms with Gasteiger partial charge in [0.15, 0.2) is 0 Å². The average Bonchev–Trinajstić information content (AvgIpc) is 2.77. The lowest BCUT2D eigenvalue weighted by Crippen LogP contribution is -2.11. The Morgan fingerprint density at radius 2 is 2.10 bits per heavy atom. The van der Waals surface area contributed by atoms with Crippen LogP contribution in [-0.4, -0.2) is 35.8 Å². The molecule has 0 bridgehead atoms. The van der Waals surface area contributed by atoms with Crippen LogP contribution >= 0.6 is 0 Å². The van der Waals surface area contributed by atoms with E-state index < -0.39 is 0 Å². The zero-order valence-corrected chi connectivity index (χ0v) is 12.6. The second-order valence-corrected chi connectivity index (χ2v) is 4.82. The van der Waals surface area contributed by atoms with Gasteiger partial charge in [-0.15, -0.1) is 0 Å². The Balaban J connectivity index is 2.15. The van der Waals surface area contributed by atoms with E-state index in [0.29, 0.717) is 18.7 Å². The summed E-state index contributed by atoms with van der Waals surface area (Å²) in [5, 5.41) is 0. The van der Waals surface area contributed by atoms with Crippen LogP contribution in [0.15, 0.2) is 30.5 Å². The van der Waals surface area contributed by atoms with E-state index in [9.17, 15) is 4.79 Å². The van der Waals surface area contributed by atoms with Crippen molar-refractivity contribution in [1.82, 2.24) is 9.55 Å². The van der Waals surface area contributed by atoms with Gasteiger partial charge < -0.3 is 14.0 Å². The first-order valence-electron chi connectivity index (χ1n) is 6.86. The van der Waals surface area contributed by atoms with Gasteiger partial charge in [-0.05, 0) is 32.0 Å². The second-order valence-electron chi connectivity index (χ2n) is 4.82. The number of methoxy groups -OCH3 is 1. The molecule has 2 aromatic rings. The van der Waals surface area contributed by atoms with Crippen molar-refractivity contribution < 1.29 is 14.3 Å². The number of hydrogen-bond acceptors (Lipinski definition) is 4. The van der Waals surface area contributed by atoms with Crippen molar-refractivity contribution >= 4 is 5.97 Å². The third kappa shape index (κ3) is 3.70. The van der Waals surface area contributed by atoms with Gasteiger partial charge in [-0.2, -0.15) is 0 Å². The predicted molar refractivity (Wildman–Crippen MR) is 79.4 cm³/mol. The van der Waals surface area contributed by atoms with E-state index in [0.717, 1.165) is 17.1 Å². The van der Waals surface area contributed by atoms with Crippen molar-refractivity contribution in [2.45, 2.75) is 20.4 Å². The zero-order valence-electron chi connectivity index (χ0n) is 12.6. The number of nitrogens with zero attached hydrogens (tertiary/aromatic N) is 2. The highest BCUT2D eigenvalue weighted by molar-refractivity contribution is 5.91. The molecule has 0 spiro atoms. The average molecular weight is 288 g/mol. The molecule has 0 aliphatic rings. The molecule has 0 aromatic carbocycles. The Labute approximate surface area is 124 Å². The van der Waals surface area contributed by atoms with Gasteiger partial charge in [0, 0.05) is 24.7 Å². The van der Waals surface area contributed by atoms with E-state index in [1.54, 1.807) is 13.3 Å². The van der Waals surface area contributed by atoms with Crippen molar-refractivity contribution in [3.05, 3.63) is 53.1 Å². The maximum atomic E-state index is 12.1. The molecule has 2 aromatic heterocycles. The van der Waals surface area contributed by atoms with Gasteiger partial charge in [-0.3, -0.25) is 4.98 Å². The molecule has 0 unspecified atom stereocenters. The highest BCUT2D eigenvalue weighted by Crippen LogP contribution is 2.17.